The molecule has 5 aliphatic heterocycles. The van der Waals surface area contributed by atoms with Crippen molar-refractivity contribution in [2.24, 2.45) is 25.0 Å². The molecule has 0 aromatic heterocycles. The van der Waals surface area contributed by atoms with E-state index in [0.717, 1.165) is 242 Å². The van der Waals surface area contributed by atoms with Crippen LogP contribution in [0.4, 0.5) is 28.4 Å². The zero-order chi connectivity index (χ0) is 88.4. The van der Waals surface area contributed by atoms with E-state index >= 15 is 0 Å². The molecule has 0 radical (unpaired) electrons. The maximum atomic E-state index is 10.0. The van der Waals surface area contributed by atoms with E-state index in [-0.39, 0.29) is 24.4 Å². The Morgan fingerprint density at radius 2 is 0.578 bits per heavy atom. The number of methoxy groups -OCH3 is 6. The number of aryl methyl sites for hydroxylation is 5. The Balaban J connectivity index is 0.000000118. The quantitative estimate of drug-likeness (QED) is 0.0391. The molecule has 0 bridgehead atoms. The first kappa shape index (κ1) is 89.6. The molecule has 3 N–H and O–H groups in total. The second-order valence-electron chi connectivity index (χ2n) is 35.3. The monoisotopic (exact) mass is 1720 g/mol. The molecule has 10 aromatic rings. The third kappa shape index (κ3) is 22.1. The summed E-state index contributed by atoms with van der Waals surface area (Å²) in [6.07, 6.45) is 29.1. The lowest BCUT2D eigenvalue weighted by Crippen LogP contribution is -2.29. The van der Waals surface area contributed by atoms with Crippen LogP contribution in [0.1, 0.15) is 213 Å². The van der Waals surface area contributed by atoms with Crippen LogP contribution in [-0.2, 0) is 102 Å². The molecule has 0 fully saturated rings. The Kier molecular flexibility index (Phi) is 30.0. The minimum atomic E-state index is -0.343. The van der Waals surface area contributed by atoms with Crippen molar-refractivity contribution >= 4 is 60.1 Å². The van der Waals surface area contributed by atoms with Gasteiger partial charge in [0.15, 0.2) is 34.5 Å². The lowest BCUT2D eigenvalue weighted by Gasteiger charge is -2.28. The van der Waals surface area contributed by atoms with Crippen molar-refractivity contribution in [3.63, 3.8) is 0 Å². The Morgan fingerprint density at radius 1 is 0.289 bits per heavy atom. The van der Waals surface area contributed by atoms with E-state index < -0.39 is 0 Å². The van der Waals surface area contributed by atoms with Crippen molar-refractivity contribution < 1.29 is 48.5 Å². The van der Waals surface area contributed by atoms with E-state index in [2.05, 4.69) is 193 Å². The smallest absolute Gasteiger partial charge is 0.161 e. The second kappa shape index (κ2) is 42.9. The van der Waals surface area contributed by atoms with Gasteiger partial charge in [-0.15, -0.1) is 0 Å². The Labute approximate surface area is 756 Å². The highest BCUT2D eigenvalue weighted by Gasteiger charge is 2.28. The lowest BCUT2D eigenvalue weighted by atomic mass is 9.89. The van der Waals surface area contributed by atoms with Gasteiger partial charge in [0.2, 0.25) is 0 Å². The number of benzene rings is 10. The van der Waals surface area contributed by atoms with Gasteiger partial charge in [0.05, 0.1) is 127 Å². The minimum absolute atomic E-state index is 0.216. The molecule has 5 unspecified atom stereocenters. The molecule has 0 amide bonds. The highest BCUT2D eigenvalue weighted by Crippen LogP contribution is 2.42. The number of fused-ring (bicyclic) bond motifs is 10. The molecular weight excluding hydrogens is 1600 g/mol. The van der Waals surface area contributed by atoms with Crippen molar-refractivity contribution in [2.45, 2.75) is 199 Å². The summed E-state index contributed by atoms with van der Waals surface area (Å²) in [6.45, 7) is 14.5. The topological polar surface area (TPSA) is 203 Å². The van der Waals surface area contributed by atoms with Crippen LogP contribution in [0.2, 0.25) is 0 Å². The molecule has 0 saturated heterocycles. The molecule has 10 aliphatic rings. The van der Waals surface area contributed by atoms with Crippen LogP contribution in [0.5, 0.6) is 34.5 Å². The van der Waals surface area contributed by atoms with Crippen molar-refractivity contribution in [3.05, 3.63) is 287 Å². The van der Waals surface area contributed by atoms with E-state index in [4.69, 9.17) is 43.1 Å². The van der Waals surface area contributed by atoms with Gasteiger partial charge in [-0.2, -0.15) is 0 Å². The summed E-state index contributed by atoms with van der Waals surface area (Å²) in [5, 5.41) is 30.0. The van der Waals surface area contributed by atoms with Crippen LogP contribution in [0.15, 0.2) is 201 Å². The van der Waals surface area contributed by atoms with E-state index in [0.29, 0.717) is 5.92 Å². The molecule has 10 aromatic carbocycles. The van der Waals surface area contributed by atoms with Crippen molar-refractivity contribution in [1.82, 2.24) is 24.5 Å². The highest BCUT2D eigenvalue weighted by molar-refractivity contribution is 5.68. The number of nitrogens with zero attached hydrogens (tertiary/aromatic N) is 10. The fraction of sp³-hybridized carbons (Fsp3) is 0.398. The molecule has 0 spiro atoms. The zero-order valence-corrected chi connectivity index (χ0v) is 75.9. The summed E-state index contributed by atoms with van der Waals surface area (Å²) < 4.78 is 38.7. The normalized spacial score (nSPS) is 19.2. The number of aliphatic hydroxyl groups excluding tert-OH is 3. The van der Waals surface area contributed by atoms with E-state index in [1.807, 2.05) is 68.1 Å². The Morgan fingerprint density at radius 3 is 0.922 bits per heavy atom. The predicted octanol–water partition coefficient (Wildman–Crippen LogP) is 20.6. The molecule has 128 heavy (non-hydrogen) atoms. The van der Waals surface area contributed by atoms with Crippen LogP contribution in [0.3, 0.4) is 0 Å². The summed E-state index contributed by atoms with van der Waals surface area (Å²) in [5.41, 5.74) is 30.9. The predicted molar refractivity (Wildman–Crippen MR) is 513 cm³/mol. The number of hydrogen-bond acceptors (Lipinski definition) is 15. The average molecular weight is 1720 g/mol. The largest absolute Gasteiger partial charge is 0.493 e. The molecule has 5 atom stereocenters. The number of aliphatic imine (C=N–C) groups is 5. The van der Waals surface area contributed by atoms with Gasteiger partial charge in [0.1, 0.15) is 0 Å². The molecule has 20 nitrogen and oxygen atoms in total. The van der Waals surface area contributed by atoms with E-state index in [1.54, 1.807) is 42.7 Å². The van der Waals surface area contributed by atoms with Crippen LogP contribution >= 0.6 is 0 Å². The summed E-state index contributed by atoms with van der Waals surface area (Å²) in [5.74, 6) is 5.36. The van der Waals surface area contributed by atoms with Gasteiger partial charge in [0, 0.05) is 72.1 Å². The molecule has 5 heterocycles. The van der Waals surface area contributed by atoms with Crippen molar-refractivity contribution in [1.29, 1.82) is 0 Å². The molecule has 0 saturated carbocycles. The van der Waals surface area contributed by atoms with Gasteiger partial charge < -0.3 is 73.0 Å². The standard InChI is InChI=1S/C25H32N2O3.C24H30N2O2.C21H24N2O3.2C19H20N2O/c1-4-12-30-23-7-5-6-18-8-9-21(15-22(18)23)26-17-27-11-10-19-13-24(28-2)25(29-3)14-20(19)16-27;1-17-6-4-5-7-18-8-9-21(14-22(17)18)25-16-26-11-10-19-12-23(27-2)24(28-3)13-20(19)15-26;1-25-20-9-15-7-8-23(12-16(15)10-21(20)26-2)13-22-17-5-3-14-4-6-19(24)18(14)11-17;2*22-19-8-6-15-5-7-17(11-18(15)19)20-13-21-10-9-14-3-1-2-4-16(14)12-21/h8-9,13-15,17,23H,4-7,10-12,16H2,1-3H3;8-9,12-14,16-17H,4-7,10-11,15H2,1-3H3;3,5,9-11,13,19,24H,4,6-8,12H2,1-2H3;2*1-5,7,11,13,19,22H,6,8-10,12H2. The SMILES string of the molecule is CCCOC1CCCc2ccc(N=CN3CCc4cc(OC)c(OC)cc4C3)cc21.COc1cc2c(cc1OC)CN(C=Nc1ccc3c(c1)C(C)CCCC3)CC2.COc1cc2c(cc1OC)CN(C=Nc1ccc3c(c1)C(O)CC3)CC2.OC1CCc2ccc(N=CN3CCc4ccccc4C3)cc21.OC1CCc2ccc(N=CN3CCc4ccccc4C3)cc21. The van der Waals surface area contributed by atoms with Crippen LogP contribution in [0.25, 0.3) is 0 Å². The van der Waals surface area contributed by atoms with Crippen molar-refractivity contribution in [2.75, 3.05) is 82.0 Å². The van der Waals surface area contributed by atoms with Gasteiger partial charge in [-0.1, -0.05) is 99.1 Å². The zero-order valence-electron chi connectivity index (χ0n) is 75.9. The maximum absolute atomic E-state index is 10.0. The maximum Gasteiger partial charge on any atom is 0.161 e. The van der Waals surface area contributed by atoms with Gasteiger partial charge in [-0.3, -0.25) is 0 Å². The summed E-state index contributed by atoms with van der Waals surface area (Å²) in [6, 6.07) is 61.6. The average Bonchev–Trinajstić information content (AvgIpc) is 1.82. The van der Waals surface area contributed by atoms with Gasteiger partial charge >= 0.3 is 0 Å². The van der Waals surface area contributed by atoms with Crippen molar-refractivity contribution in [3.8, 4) is 34.5 Å². The number of ether oxygens (including phenoxy) is 7. The van der Waals surface area contributed by atoms with Gasteiger partial charge in [-0.25, -0.2) is 25.0 Å². The summed E-state index contributed by atoms with van der Waals surface area (Å²) >= 11 is 0. The number of hydrogen-bond donors (Lipinski definition) is 3. The Hall–Kier alpha value is -11.8. The van der Waals surface area contributed by atoms with Crippen LogP contribution in [-0.4, -0.2) is 154 Å². The number of aliphatic hydroxyl groups is 3. The van der Waals surface area contributed by atoms with Crippen LogP contribution < -0.4 is 28.4 Å². The molecule has 20 heteroatoms. The third-order valence-corrected chi connectivity index (χ3v) is 26.8. The summed E-state index contributed by atoms with van der Waals surface area (Å²) in [4.78, 5) is 34.7. The second-order valence-corrected chi connectivity index (χ2v) is 35.3. The molecule has 5 aliphatic carbocycles. The molecule has 668 valence electrons. The molecular formula is C108H126N10O10. The third-order valence-electron chi connectivity index (χ3n) is 26.8. The highest BCUT2D eigenvalue weighted by atomic mass is 16.5. The van der Waals surface area contributed by atoms with E-state index in [9.17, 15) is 15.3 Å². The van der Waals surface area contributed by atoms with Gasteiger partial charge in [0.25, 0.3) is 0 Å². The first-order chi connectivity index (χ1) is 62.6. The Bertz CT molecular complexity index is 5540. The van der Waals surface area contributed by atoms with E-state index in [1.165, 1.54) is 127 Å². The van der Waals surface area contributed by atoms with Crippen LogP contribution in [0, 0.1) is 0 Å². The van der Waals surface area contributed by atoms with Gasteiger partial charge in [-0.05, 0) is 330 Å². The minimum Gasteiger partial charge on any atom is -0.493 e. The fourth-order valence-electron chi connectivity index (χ4n) is 19.5. The summed E-state index contributed by atoms with van der Waals surface area (Å²) in [7, 11) is 10.1. The first-order valence-corrected chi connectivity index (χ1v) is 46.2. The first-order valence-electron chi connectivity index (χ1n) is 46.2. The lowest BCUT2D eigenvalue weighted by molar-refractivity contribution is 0.0412. The fourth-order valence-corrected chi connectivity index (χ4v) is 19.5. The number of rotatable bonds is 19. The molecule has 20 rings (SSSR count).